The Morgan fingerprint density at radius 2 is 2.18 bits per heavy atom. The van der Waals surface area contributed by atoms with Crippen molar-refractivity contribution in [3.05, 3.63) is 29.3 Å². The van der Waals surface area contributed by atoms with E-state index in [4.69, 9.17) is 5.26 Å². The Labute approximate surface area is 107 Å². The molecule has 0 aliphatic rings. The van der Waals surface area contributed by atoms with Crippen LogP contribution in [0.15, 0.2) is 23.1 Å². The van der Waals surface area contributed by atoms with Crippen molar-refractivity contribution in [2.24, 2.45) is 0 Å². The van der Waals surface area contributed by atoms with Crippen molar-refractivity contribution in [1.29, 1.82) is 5.26 Å². The van der Waals surface area contributed by atoms with Gasteiger partial charge in [-0.15, -0.1) is 11.8 Å². The van der Waals surface area contributed by atoms with Crippen LogP contribution in [0.4, 0.5) is 0 Å². The van der Waals surface area contributed by atoms with Gasteiger partial charge in [0.15, 0.2) is 5.78 Å². The molecule has 0 N–H and O–H groups in total. The highest BCUT2D eigenvalue weighted by molar-refractivity contribution is 7.99. The van der Waals surface area contributed by atoms with Gasteiger partial charge in [-0.25, -0.2) is 0 Å². The van der Waals surface area contributed by atoms with E-state index in [1.807, 2.05) is 6.07 Å². The maximum absolute atomic E-state index is 11.5. The second-order valence-corrected chi connectivity index (χ2v) is 5.07. The highest BCUT2D eigenvalue weighted by Gasteiger charge is 2.08. The number of Topliss-reactive ketones (excluding diaryl/α,β-unsaturated/α-hetero) is 1. The number of unbranched alkanes of at least 4 members (excludes halogenated alkanes) is 2. The zero-order chi connectivity index (χ0) is 12.7. The molecule has 17 heavy (non-hydrogen) atoms. The Bertz CT molecular complexity index is 434. The lowest BCUT2D eigenvalue weighted by atomic mass is 10.1. The number of carbonyl (C=O) groups excluding carboxylic acids is 1. The van der Waals surface area contributed by atoms with Gasteiger partial charge in [0.25, 0.3) is 0 Å². The molecule has 1 aromatic rings. The van der Waals surface area contributed by atoms with Gasteiger partial charge in [-0.1, -0.05) is 19.8 Å². The maximum atomic E-state index is 11.5. The zero-order valence-electron chi connectivity index (χ0n) is 10.3. The van der Waals surface area contributed by atoms with E-state index in [1.165, 1.54) is 12.8 Å². The average Bonchev–Trinajstić information content (AvgIpc) is 2.34. The van der Waals surface area contributed by atoms with E-state index >= 15 is 0 Å². The van der Waals surface area contributed by atoms with Crippen LogP contribution in [-0.2, 0) is 0 Å². The van der Waals surface area contributed by atoms with Gasteiger partial charge in [0.1, 0.15) is 0 Å². The van der Waals surface area contributed by atoms with Gasteiger partial charge in [0.2, 0.25) is 0 Å². The summed E-state index contributed by atoms with van der Waals surface area (Å²) in [6.07, 6.45) is 3.55. The summed E-state index contributed by atoms with van der Waals surface area (Å²) in [5.74, 6) is 1.07. The molecule has 0 unspecified atom stereocenters. The summed E-state index contributed by atoms with van der Waals surface area (Å²) in [4.78, 5) is 12.4. The van der Waals surface area contributed by atoms with Gasteiger partial charge >= 0.3 is 0 Å². The van der Waals surface area contributed by atoms with Crippen LogP contribution >= 0.6 is 11.8 Å². The summed E-state index contributed by atoms with van der Waals surface area (Å²) in [5, 5.41) is 8.86. The van der Waals surface area contributed by atoms with Gasteiger partial charge in [-0.2, -0.15) is 5.26 Å². The van der Waals surface area contributed by atoms with Gasteiger partial charge in [-0.05, 0) is 37.3 Å². The largest absolute Gasteiger partial charge is 0.294 e. The third kappa shape index (κ3) is 4.24. The normalized spacial score (nSPS) is 9.94. The fraction of sp³-hybridized carbons (Fsp3) is 0.429. The third-order valence-corrected chi connectivity index (χ3v) is 3.64. The standard InChI is InChI=1S/C14H17NOS/c1-3-4-5-8-17-14-9-12(10-15)6-7-13(14)11(2)16/h6-7,9H,3-5,8H2,1-2H3. The summed E-state index contributed by atoms with van der Waals surface area (Å²) < 4.78 is 0. The Morgan fingerprint density at radius 3 is 2.76 bits per heavy atom. The van der Waals surface area contributed by atoms with Crippen LogP contribution in [0.25, 0.3) is 0 Å². The molecule has 1 rings (SSSR count). The number of benzene rings is 1. The summed E-state index contributed by atoms with van der Waals surface area (Å²) in [6.45, 7) is 3.74. The molecule has 0 bridgehead atoms. The summed E-state index contributed by atoms with van der Waals surface area (Å²) in [5.41, 5.74) is 1.35. The first-order valence-electron chi connectivity index (χ1n) is 5.87. The molecule has 0 aromatic heterocycles. The number of rotatable bonds is 6. The van der Waals surface area contributed by atoms with E-state index < -0.39 is 0 Å². The summed E-state index contributed by atoms with van der Waals surface area (Å²) in [6, 6.07) is 7.38. The van der Waals surface area contributed by atoms with Crippen molar-refractivity contribution in [3.63, 3.8) is 0 Å². The van der Waals surface area contributed by atoms with Crippen LogP contribution in [0.5, 0.6) is 0 Å². The summed E-state index contributed by atoms with van der Waals surface area (Å²) >= 11 is 1.67. The third-order valence-electron chi connectivity index (χ3n) is 2.50. The molecule has 0 heterocycles. The number of thioether (sulfide) groups is 1. The van der Waals surface area contributed by atoms with Crippen molar-refractivity contribution in [1.82, 2.24) is 0 Å². The molecule has 0 fully saturated rings. The summed E-state index contributed by atoms with van der Waals surface area (Å²) in [7, 11) is 0. The molecule has 0 amide bonds. The molecular formula is C14H17NOS. The van der Waals surface area contributed by atoms with Crippen LogP contribution < -0.4 is 0 Å². The molecule has 0 atom stereocenters. The second kappa shape index (κ2) is 7.13. The van der Waals surface area contributed by atoms with Gasteiger partial charge < -0.3 is 0 Å². The highest BCUT2D eigenvalue weighted by Crippen LogP contribution is 2.25. The van der Waals surface area contributed by atoms with Gasteiger partial charge in [0, 0.05) is 10.5 Å². The molecule has 3 heteroatoms. The quantitative estimate of drug-likeness (QED) is 0.432. The zero-order valence-corrected chi connectivity index (χ0v) is 11.1. The number of carbonyl (C=O) groups is 1. The average molecular weight is 247 g/mol. The Balaban J connectivity index is 2.79. The van der Waals surface area contributed by atoms with Crippen molar-refractivity contribution in [3.8, 4) is 6.07 Å². The number of nitriles is 1. The van der Waals surface area contributed by atoms with E-state index in [2.05, 4.69) is 13.0 Å². The Morgan fingerprint density at radius 1 is 1.41 bits per heavy atom. The molecule has 0 saturated heterocycles. The first-order valence-corrected chi connectivity index (χ1v) is 6.85. The highest BCUT2D eigenvalue weighted by atomic mass is 32.2. The molecule has 0 saturated carbocycles. The molecule has 0 spiro atoms. The minimum Gasteiger partial charge on any atom is -0.294 e. The lowest BCUT2D eigenvalue weighted by Crippen LogP contribution is -1.96. The number of hydrogen-bond donors (Lipinski definition) is 0. The van der Waals surface area contributed by atoms with Crippen molar-refractivity contribution in [2.45, 2.75) is 38.0 Å². The molecule has 2 nitrogen and oxygen atoms in total. The Kier molecular flexibility index (Phi) is 5.79. The fourth-order valence-corrected chi connectivity index (χ4v) is 2.68. The van der Waals surface area contributed by atoms with E-state index in [9.17, 15) is 4.79 Å². The lowest BCUT2D eigenvalue weighted by molar-refractivity contribution is 0.101. The topological polar surface area (TPSA) is 40.9 Å². The molecule has 0 radical (unpaired) electrons. The van der Waals surface area contributed by atoms with Crippen LogP contribution in [0.1, 0.15) is 49.0 Å². The molecule has 1 aromatic carbocycles. The van der Waals surface area contributed by atoms with Gasteiger partial charge in [-0.3, -0.25) is 4.79 Å². The number of nitrogens with zero attached hydrogens (tertiary/aromatic N) is 1. The number of hydrogen-bond acceptors (Lipinski definition) is 3. The van der Waals surface area contributed by atoms with E-state index in [0.717, 1.165) is 22.6 Å². The SMILES string of the molecule is CCCCCSc1cc(C#N)ccc1C(C)=O. The predicted molar refractivity (Wildman–Crippen MR) is 71.4 cm³/mol. The monoisotopic (exact) mass is 247 g/mol. The number of ketones is 1. The van der Waals surface area contributed by atoms with E-state index in [0.29, 0.717) is 5.56 Å². The van der Waals surface area contributed by atoms with Crippen molar-refractivity contribution >= 4 is 17.5 Å². The van der Waals surface area contributed by atoms with Crippen LogP contribution in [0.3, 0.4) is 0 Å². The van der Waals surface area contributed by atoms with E-state index in [1.54, 1.807) is 30.8 Å². The first-order chi connectivity index (χ1) is 8.19. The minimum atomic E-state index is 0.0625. The smallest absolute Gasteiger partial charge is 0.160 e. The molecular weight excluding hydrogens is 230 g/mol. The molecule has 0 aliphatic carbocycles. The van der Waals surface area contributed by atoms with Gasteiger partial charge in [0.05, 0.1) is 11.6 Å². The first kappa shape index (κ1) is 13.8. The lowest BCUT2D eigenvalue weighted by Gasteiger charge is -2.06. The molecule has 90 valence electrons. The van der Waals surface area contributed by atoms with Crippen molar-refractivity contribution < 1.29 is 4.79 Å². The Hall–Kier alpha value is -1.27. The molecule has 0 aliphatic heterocycles. The predicted octanol–water partition coefficient (Wildman–Crippen LogP) is 4.04. The van der Waals surface area contributed by atoms with Crippen molar-refractivity contribution in [2.75, 3.05) is 5.75 Å². The second-order valence-electron chi connectivity index (χ2n) is 3.93. The van der Waals surface area contributed by atoms with Crippen LogP contribution in [0.2, 0.25) is 0 Å². The van der Waals surface area contributed by atoms with Crippen LogP contribution in [-0.4, -0.2) is 11.5 Å². The fourth-order valence-electron chi connectivity index (χ4n) is 1.54. The van der Waals surface area contributed by atoms with E-state index in [-0.39, 0.29) is 5.78 Å². The van der Waals surface area contributed by atoms with Crippen LogP contribution in [0, 0.1) is 11.3 Å². The maximum Gasteiger partial charge on any atom is 0.160 e. The minimum absolute atomic E-state index is 0.0625.